The van der Waals surface area contributed by atoms with Crippen molar-refractivity contribution in [3.63, 3.8) is 0 Å². The first-order valence-corrected chi connectivity index (χ1v) is 9.60. The van der Waals surface area contributed by atoms with E-state index < -0.39 is 0 Å². The number of ether oxygens (including phenoxy) is 3. The van der Waals surface area contributed by atoms with Gasteiger partial charge in [-0.1, -0.05) is 5.16 Å². The molecule has 8 heteroatoms. The van der Waals surface area contributed by atoms with Crippen molar-refractivity contribution in [2.24, 2.45) is 0 Å². The lowest BCUT2D eigenvalue weighted by Crippen LogP contribution is -2.39. The van der Waals surface area contributed by atoms with E-state index in [-0.39, 0.29) is 6.04 Å². The molecule has 1 atom stereocenters. The van der Waals surface area contributed by atoms with Crippen LogP contribution in [0.3, 0.4) is 0 Å². The summed E-state index contributed by atoms with van der Waals surface area (Å²) in [5.41, 5.74) is 0.819. The van der Waals surface area contributed by atoms with E-state index in [4.69, 9.17) is 18.7 Å². The first-order chi connectivity index (χ1) is 13.3. The van der Waals surface area contributed by atoms with Crippen molar-refractivity contribution in [3.8, 4) is 17.3 Å². The molecule has 0 saturated carbocycles. The zero-order chi connectivity index (χ0) is 18.5. The Balaban J connectivity index is 1.43. The van der Waals surface area contributed by atoms with Crippen molar-refractivity contribution in [1.82, 2.24) is 20.0 Å². The average molecular weight is 374 g/mol. The van der Waals surface area contributed by atoms with Crippen LogP contribution in [0.5, 0.6) is 5.88 Å². The molecule has 0 spiro atoms. The molecular formula is C19H26N4O4. The number of methoxy groups -OCH3 is 1. The monoisotopic (exact) mass is 374 g/mol. The molecule has 0 unspecified atom stereocenters. The largest absolute Gasteiger partial charge is 0.475 e. The molecule has 2 aliphatic heterocycles. The molecule has 0 radical (unpaired) electrons. The second kappa shape index (κ2) is 8.77. The van der Waals surface area contributed by atoms with E-state index in [9.17, 15) is 0 Å². The Morgan fingerprint density at radius 2 is 2.07 bits per heavy atom. The fraction of sp³-hybridized carbons (Fsp3) is 0.632. The summed E-state index contributed by atoms with van der Waals surface area (Å²) in [5, 5.41) is 4.18. The number of aromatic nitrogens is 3. The van der Waals surface area contributed by atoms with Crippen LogP contribution in [-0.2, 0) is 9.47 Å². The minimum Gasteiger partial charge on any atom is -0.475 e. The van der Waals surface area contributed by atoms with Crippen LogP contribution in [0.2, 0.25) is 0 Å². The number of rotatable bonds is 7. The number of hydrogen-bond donors (Lipinski definition) is 0. The Labute approximate surface area is 158 Å². The molecule has 4 rings (SSSR count). The van der Waals surface area contributed by atoms with Crippen LogP contribution in [0, 0.1) is 0 Å². The Morgan fingerprint density at radius 3 is 2.85 bits per heavy atom. The van der Waals surface area contributed by atoms with E-state index >= 15 is 0 Å². The first-order valence-electron chi connectivity index (χ1n) is 9.60. The van der Waals surface area contributed by atoms with Gasteiger partial charge in [-0.2, -0.15) is 4.98 Å². The van der Waals surface area contributed by atoms with Crippen LogP contribution in [0.25, 0.3) is 11.4 Å². The molecule has 2 saturated heterocycles. The van der Waals surface area contributed by atoms with Gasteiger partial charge in [0.1, 0.15) is 6.61 Å². The van der Waals surface area contributed by atoms with Gasteiger partial charge in [0.2, 0.25) is 17.6 Å². The molecule has 8 nitrogen and oxygen atoms in total. The molecule has 0 aromatic carbocycles. The van der Waals surface area contributed by atoms with Gasteiger partial charge in [0.05, 0.1) is 12.6 Å². The summed E-state index contributed by atoms with van der Waals surface area (Å²) in [6, 6.07) is 4.46. The third-order valence-electron chi connectivity index (χ3n) is 5.21. The molecule has 2 fully saturated rings. The van der Waals surface area contributed by atoms with Crippen molar-refractivity contribution in [3.05, 3.63) is 24.2 Å². The average Bonchev–Trinajstić information content (AvgIpc) is 3.39. The summed E-state index contributed by atoms with van der Waals surface area (Å²) >= 11 is 0. The van der Waals surface area contributed by atoms with Crippen LogP contribution < -0.4 is 4.74 Å². The molecule has 0 bridgehead atoms. The van der Waals surface area contributed by atoms with Crippen molar-refractivity contribution < 1.29 is 18.7 Å². The van der Waals surface area contributed by atoms with Gasteiger partial charge in [-0.25, -0.2) is 4.98 Å². The fourth-order valence-electron chi connectivity index (χ4n) is 3.82. The van der Waals surface area contributed by atoms with Gasteiger partial charge in [-0.3, -0.25) is 4.90 Å². The van der Waals surface area contributed by atoms with Crippen molar-refractivity contribution in [2.45, 2.75) is 37.8 Å². The molecule has 0 aliphatic carbocycles. The molecule has 2 aromatic rings. The minimum absolute atomic E-state index is 0.207. The number of pyridine rings is 1. The van der Waals surface area contributed by atoms with Gasteiger partial charge in [-0.05, 0) is 38.3 Å². The topological polar surface area (TPSA) is 82.7 Å². The van der Waals surface area contributed by atoms with Crippen molar-refractivity contribution in [1.29, 1.82) is 0 Å². The summed E-state index contributed by atoms with van der Waals surface area (Å²) in [4.78, 5) is 11.5. The summed E-state index contributed by atoms with van der Waals surface area (Å²) in [6.07, 6.45) is 6.08. The Kier molecular flexibility index (Phi) is 5.96. The van der Waals surface area contributed by atoms with Gasteiger partial charge in [0.15, 0.2) is 0 Å². The molecule has 0 amide bonds. The second-order valence-corrected chi connectivity index (χ2v) is 6.92. The molecule has 0 N–H and O–H groups in total. The Morgan fingerprint density at radius 1 is 1.19 bits per heavy atom. The lowest BCUT2D eigenvalue weighted by molar-refractivity contribution is 0.0243. The first kappa shape index (κ1) is 18.3. The van der Waals surface area contributed by atoms with E-state index in [1.165, 1.54) is 0 Å². The number of likely N-dealkylation sites (tertiary alicyclic amines) is 1. The standard InChI is InChI=1S/C19H26N4O4/c1-24-11-12-26-17-5-4-14(13-20-17)18-21-19(27-22-18)16-3-2-8-23(16)15-6-9-25-10-7-15/h4-5,13,15-16H,2-3,6-12H2,1H3/t16-/m1/s1. The molecule has 2 aliphatic rings. The third kappa shape index (κ3) is 4.28. The summed E-state index contributed by atoms with van der Waals surface area (Å²) in [6.45, 7) is 3.77. The second-order valence-electron chi connectivity index (χ2n) is 6.92. The highest BCUT2D eigenvalue weighted by molar-refractivity contribution is 5.53. The van der Waals surface area contributed by atoms with E-state index in [1.54, 1.807) is 13.3 Å². The highest BCUT2D eigenvalue weighted by Gasteiger charge is 2.36. The zero-order valence-corrected chi connectivity index (χ0v) is 15.7. The highest BCUT2D eigenvalue weighted by atomic mass is 16.5. The summed E-state index contributed by atoms with van der Waals surface area (Å²) in [5.74, 6) is 1.83. The van der Waals surface area contributed by atoms with Crippen LogP contribution >= 0.6 is 0 Å². The van der Waals surface area contributed by atoms with Gasteiger partial charge in [0.25, 0.3) is 0 Å². The smallest absolute Gasteiger partial charge is 0.244 e. The predicted octanol–water partition coefficient (Wildman–Crippen LogP) is 2.47. The molecule has 2 aromatic heterocycles. The molecule has 4 heterocycles. The number of hydrogen-bond acceptors (Lipinski definition) is 8. The predicted molar refractivity (Wildman–Crippen MR) is 97.4 cm³/mol. The van der Waals surface area contributed by atoms with E-state index in [2.05, 4.69) is 20.0 Å². The molecular weight excluding hydrogens is 348 g/mol. The van der Waals surface area contributed by atoms with E-state index in [1.807, 2.05) is 12.1 Å². The summed E-state index contributed by atoms with van der Waals surface area (Å²) < 4.78 is 21.6. The third-order valence-corrected chi connectivity index (χ3v) is 5.21. The van der Waals surface area contributed by atoms with E-state index in [0.717, 1.165) is 51.0 Å². The maximum atomic E-state index is 5.62. The SMILES string of the molecule is COCCOc1ccc(-c2noc([C@H]3CCCN3C3CCOCC3)n2)cn1. The highest BCUT2D eigenvalue weighted by Crippen LogP contribution is 2.35. The molecule has 146 valence electrons. The van der Waals surface area contributed by atoms with Crippen molar-refractivity contribution >= 4 is 0 Å². The number of nitrogens with zero attached hydrogens (tertiary/aromatic N) is 4. The van der Waals surface area contributed by atoms with Gasteiger partial charge < -0.3 is 18.7 Å². The summed E-state index contributed by atoms with van der Waals surface area (Å²) in [7, 11) is 1.64. The van der Waals surface area contributed by atoms with Crippen LogP contribution in [0.15, 0.2) is 22.9 Å². The maximum Gasteiger partial charge on any atom is 0.244 e. The fourth-order valence-corrected chi connectivity index (χ4v) is 3.82. The Hall–Kier alpha value is -2.03. The quantitative estimate of drug-likeness (QED) is 0.684. The van der Waals surface area contributed by atoms with Gasteiger partial charge in [0, 0.05) is 44.2 Å². The zero-order valence-electron chi connectivity index (χ0n) is 15.7. The molecule has 27 heavy (non-hydrogen) atoms. The normalized spacial score (nSPS) is 21.6. The van der Waals surface area contributed by atoms with Crippen LogP contribution in [-0.4, -0.2) is 66.1 Å². The lowest BCUT2D eigenvalue weighted by atomic mass is 10.1. The van der Waals surface area contributed by atoms with E-state index in [0.29, 0.717) is 36.9 Å². The Bertz CT molecular complexity index is 715. The van der Waals surface area contributed by atoms with Crippen molar-refractivity contribution in [2.75, 3.05) is 40.1 Å². The maximum absolute atomic E-state index is 5.62. The van der Waals surface area contributed by atoms with Crippen LogP contribution in [0.1, 0.15) is 37.6 Å². The minimum atomic E-state index is 0.207. The van der Waals surface area contributed by atoms with Crippen LogP contribution in [0.4, 0.5) is 0 Å². The van der Waals surface area contributed by atoms with Gasteiger partial charge >= 0.3 is 0 Å². The lowest BCUT2D eigenvalue weighted by Gasteiger charge is -2.33. The van der Waals surface area contributed by atoms with Gasteiger partial charge in [-0.15, -0.1) is 0 Å².